The maximum atomic E-state index is 13.8. The van der Waals surface area contributed by atoms with Crippen LogP contribution in [0.2, 0.25) is 0 Å². The number of carbonyl (C=O) groups is 1. The molecular weight excluding hydrogens is 716 g/mol. The van der Waals surface area contributed by atoms with Crippen molar-refractivity contribution in [3.8, 4) is 17.2 Å². The monoisotopic (exact) mass is 766 g/mol. The molecular formula is C44H50N2O10. The van der Waals surface area contributed by atoms with Gasteiger partial charge in [0, 0.05) is 48.9 Å². The van der Waals surface area contributed by atoms with Crippen molar-refractivity contribution in [3.63, 3.8) is 0 Å². The number of hydrogen-bond donors (Lipinski definition) is 3. The number of carbonyl (C=O) groups excluding carboxylic acids is 1. The van der Waals surface area contributed by atoms with Crippen LogP contribution in [0.15, 0.2) is 109 Å². The van der Waals surface area contributed by atoms with Gasteiger partial charge in [-0.15, -0.1) is 0 Å². The Hall–Kier alpha value is -5.05. The molecule has 3 N–H and O–H groups in total. The first-order valence-electron chi connectivity index (χ1n) is 18.7. The van der Waals surface area contributed by atoms with Crippen molar-refractivity contribution >= 4 is 16.7 Å². The standard InChI is InChI=1S/C44H50N2O10/c1-51-40-14-6-4-12-36(40)30-53-19-8-20-54-38-17-15-34(16-18-38)44-37(27-47)25-45(43(48)24-31-9-7-10-32(21-31)29-56-46(49)50)26-42(44)55-28-33-22-35-11-3-5-13-39(35)41(23-33)52-2/h3-7,9-18,21-23,37,42,44,47,49-50H,8,19-20,24-30H2,1-2H3. The number of ether oxygens (including phenoxy) is 5. The van der Waals surface area contributed by atoms with E-state index in [1.807, 2.05) is 84.9 Å². The topological polar surface area (TPSA) is 140 Å². The van der Waals surface area contributed by atoms with Crippen LogP contribution in [0, 0.1) is 5.92 Å². The predicted molar refractivity (Wildman–Crippen MR) is 209 cm³/mol. The van der Waals surface area contributed by atoms with Crippen LogP contribution in [-0.2, 0) is 45.3 Å². The second-order valence-corrected chi connectivity index (χ2v) is 13.8. The van der Waals surface area contributed by atoms with Crippen molar-refractivity contribution in [2.45, 2.75) is 44.7 Å². The van der Waals surface area contributed by atoms with Crippen LogP contribution in [-0.4, -0.2) is 85.0 Å². The van der Waals surface area contributed by atoms with E-state index in [1.165, 1.54) is 0 Å². The summed E-state index contributed by atoms with van der Waals surface area (Å²) in [7, 11) is 3.30. The number of rotatable bonds is 19. The summed E-state index contributed by atoms with van der Waals surface area (Å²) in [6, 6.07) is 35.0. The van der Waals surface area contributed by atoms with Gasteiger partial charge in [0.05, 0.1) is 65.2 Å². The number of benzene rings is 5. The lowest BCUT2D eigenvalue weighted by Gasteiger charge is -2.43. The molecule has 0 bridgehead atoms. The molecule has 0 saturated carbocycles. The lowest BCUT2D eigenvalue weighted by atomic mass is 9.78. The number of para-hydroxylation sites is 1. The number of aliphatic hydroxyl groups is 1. The average molecular weight is 767 g/mol. The lowest BCUT2D eigenvalue weighted by molar-refractivity contribution is -0.497. The number of hydrogen-bond acceptors (Lipinski definition) is 11. The summed E-state index contributed by atoms with van der Waals surface area (Å²) in [6.07, 6.45) is 0.396. The van der Waals surface area contributed by atoms with Crippen molar-refractivity contribution in [2.24, 2.45) is 5.92 Å². The van der Waals surface area contributed by atoms with Crippen LogP contribution in [0.3, 0.4) is 0 Å². The Kier molecular flexibility index (Phi) is 14.7. The molecule has 6 rings (SSSR count). The molecule has 296 valence electrons. The number of aliphatic hydroxyl groups excluding tert-OH is 1. The minimum atomic E-state index is -0.436. The van der Waals surface area contributed by atoms with Crippen LogP contribution in [0.4, 0.5) is 0 Å². The Labute approximate surface area is 327 Å². The second kappa shape index (κ2) is 20.2. The largest absolute Gasteiger partial charge is 0.496 e. The second-order valence-electron chi connectivity index (χ2n) is 13.8. The molecule has 1 fully saturated rings. The zero-order chi connectivity index (χ0) is 39.3. The molecule has 12 nitrogen and oxygen atoms in total. The van der Waals surface area contributed by atoms with Gasteiger partial charge in [-0.1, -0.05) is 78.9 Å². The first-order chi connectivity index (χ1) is 27.3. The van der Waals surface area contributed by atoms with E-state index in [9.17, 15) is 9.90 Å². The maximum absolute atomic E-state index is 13.8. The van der Waals surface area contributed by atoms with Gasteiger partial charge >= 0.3 is 0 Å². The fourth-order valence-corrected chi connectivity index (χ4v) is 7.30. The molecule has 3 unspecified atom stereocenters. The molecule has 1 heterocycles. The van der Waals surface area contributed by atoms with Gasteiger partial charge in [0.2, 0.25) is 5.91 Å². The van der Waals surface area contributed by atoms with Gasteiger partial charge in [-0.05, 0) is 58.0 Å². The summed E-state index contributed by atoms with van der Waals surface area (Å²) in [5, 5.41) is 30.4. The Morgan fingerprint density at radius 1 is 0.768 bits per heavy atom. The van der Waals surface area contributed by atoms with E-state index < -0.39 is 6.10 Å². The number of amides is 1. The van der Waals surface area contributed by atoms with Crippen LogP contribution >= 0.6 is 0 Å². The number of piperidine rings is 1. The van der Waals surface area contributed by atoms with E-state index in [0.717, 1.165) is 50.3 Å². The zero-order valence-electron chi connectivity index (χ0n) is 31.8. The molecule has 1 amide bonds. The van der Waals surface area contributed by atoms with Crippen molar-refractivity contribution in [3.05, 3.63) is 137 Å². The van der Waals surface area contributed by atoms with Crippen LogP contribution in [0.25, 0.3) is 10.8 Å². The molecule has 0 radical (unpaired) electrons. The van der Waals surface area contributed by atoms with E-state index in [1.54, 1.807) is 37.3 Å². The summed E-state index contributed by atoms with van der Waals surface area (Å²) >= 11 is 0. The van der Waals surface area contributed by atoms with E-state index in [-0.39, 0.29) is 49.4 Å². The lowest BCUT2D eigenvalue weighted by Crippen LogP contribution is -2.52. The molecule has 1 saturated heterocycles. The molecule has 5 aromatic rings. The summed E-state index contributed by atoms with van der Waals surface area (Å²) < 4.78 is 29.7. The number of fused-ring (bicyclic) bond motifs is 1. The first kappa shape index (κ1) is 40.6. The third kappa shape index (κ3) is 10.8. The van der Waals surface area contributed by atoms with Crippen LogP contribution in [0.1, 0.15) is 40.2 Å². The predicted octanol–water partition coefficient (Wildman–Crippen LogP) is 6.72. The van der Waals surface area contributed by atoms with Gasteiger partial charge in [-0.25, -0.2) is 4.84 Å². The fraction of sp³-hybridized carbons (Fsp3) is 0.341. The number of nitrogens with zero attached hydrogens (tertiary/aromatic N) is 2. The Morgan fingerprint density at radius 3 is 2.32 bits per heavy atom. The average Bonchev–Trinajstić information content (AvgIpc) is 3.23. The Balaban J connectivity index is 1.14. The highest BCUT2D eigenvalue weighted by Crippen LogP contribution is 2.37. The minimum absolute atomic E-state index is 0.0779. The quantitative estimate of drug-likeness (QED) is 0.0610. The normalized spacial score (nSPS) is 17.0. The number of likely N-dealkylation sites (tertiary alicyclic amines) is 1. The molecule has 56 heavy (non-hydrogen) atoms. The van der Waals surface area contributed by atoms with Gasteiger partial charge in [0.25, 0.3) is 0 Å². The van der Waals surface area contributed by atoms with Gasteiger partial charge < -0.3 is 33.7 Å². The molecule has 1 aliphatic heterocycles. The van der Waals surface area contributed by atoms with Crippen molar-refractivity contribution < 1.29 is 48.8 Å². The molecule has 12 heteroatoms. The summed E-state index contributed by atoms with van der Waals surface area (Å²) in [5.41, 5.74) is 4.34. The van der Waals surface area contributed by atoms with Crippen molar-refractivity contribution in [1.82, 2.24) is 10.3 Å². The van der Waals surface area contributed by atoms with E-state index in [2.05, 4.69) is 6.07 Å². The number of methoxy groups -OCH3 is 2. The third-order valence-corrected chi connectivity index (χ3v) is 10.0. The Bertz CT molecular complexity index is 2010. The highest BCUT2D eigenvalue weighted by atomic mass is 17.1. The van der Waals surface area contributed by atoms with E-state index >= 15 is 0 Å². The fourth-order valence-electron chi connectivity index (χ4n) is 7.30. The summed E-state index contributed by atoms with van der Waals surface area (Å²) in [6.45, 7) is 2.22. The van der Waals surface area contributed by atoms with Gasteiger partial charge in [0.15, 0.2) is 0 Å². The van der Waals surface area contributed by atoms with Crippen LogP contribution in [0.5, 0.6) is 17.2 Å². The highest BCUT2D eigenvalue weighted by Gasteiger charge is 2.40. The Morgan fingerprint density at radius 2 is 1.54 bits per heavy atom. The zero-order valence-corrected chi connectivity index (χ0v) is 31.8. The molecule has 0 aromatic heterocycles. The smallest absolute Gasteiger partial charge is 0.227 e. The van der Waals surface area contributed by atoms with Crippen molar-refractivity contribution in [1.29, 1.82) is 0 Å². The molecule has 0 spiro atoms. The molecule has 3 atom stereocenters. The SMILES string of the molecule is COc1ccccc1COCCCOc1ccc(C2C(CO)CN(C(=O)Cc3cccc(CON(O)O)c3)CC2OCc2cc(OC)c3ccccc3c2)cc1. The maximum Gasteiger partial charge on any atom is 0.227 e. The molecule has 0 aliphatic carbocycles. The molecule has 1 aliphatic rings. The minimum Gasteiger partial charge on any atom is -0.496 e. The summed E-state index contributed by atoms with van der Waals surface area (Å²) in [4.78, 5) is 20.3. The van der Waals surface area contributed by atoms with Gasteiger partial charge in [0.1, 0.15) is 17.2 Å². The van der Waals surface area contributed by atoms with Crippen LogP contribution < -0.4 is 14.2 Å². The molecule has 5 aromatic carbocycles. The van der Waals surface area contributed by atoms with Crippen molar-refractivity contribution in [2.75, 3.05) is 47.1 Å². The first-order valence-corrected chi connectivity index (χ1v) is 18.7. The van der Waals surface area contributed by atoms with E-state index in [0.29, 0.717) is 44.9 Å². The highest BCUT2D eigenvalue weighted by molar-refractivity contribution is 5.89. The van der Waals surface area contributed by atoms with E-state index in [4.69, 9.17) is 38.9 Å². The third-order valence-electron chi connectivity index (χ3n) is 10.0. The summed E-state index contributed by atoms with van der Waals surface area (Å²) in [5.74, 6) is 1.68. The van der Waals surface area contributed by atoms with Gasteiger partial charge in [-0.2, -0.15) is 0 Å². The van der Waals surface area contributed by atoms with Gasteiger partial charge in [-0.3, -0.25) is 15.2 Å².